The third kappa shape index (κ3) is 3.46. The lowest BCUT2D eigenvalue weighted by molar-refractivity contribution is 0.0748. The number of aromatic nitrogens is 1. The van der Waals surface area contributed by atoms with Gasteiger partial charge in [-0.1, -0.05) is 6.07 Å². The van der Waals surface area contributed by atoms with Crippen LogP contribution in [0.2, 0.25) is 0 Å². The molecule has 3 nitrogen and oxygen atoms in total. The van der Waals surface area contributed by atoms with Crippen molar-refractivity contribution in [2.24, 2.45) is 0 Å². The van der Waals surface area contributed by atoms with E-state index in [9.17, 15) is 13.2 Å². The van der Waals surface area contributed by atoms with Crippen molar-refractivity contribution in [2.75, 3.05) is 19.7 Å². The number of alkyl halides is 2. The molecule has 0 aliphatic carbocycles. The highest BCUT2D eigenvalue weighted by Crippen LogP contribution is 2.21. The van der Waals surface area contributed by atoms with Crippen molar-refractivity contribution < 1.29 is 18.3 Å². The van der Waals surface area contributed by atoms with Gasteiger partial charge in [0.25, 0.3) is 6.43 Å². The minimum Gasteiger partial charge on any atom is -0.395 e. The second kappa shape index (κ2) is 6.67. The summed E-state index contributed by atoms with van der Waals surface area (Å²) < 4.78 is 38.6. The summed E-state index contributed by atoms with van der Waals surface area (Å²) in [5.41, 5.74) is 1.13. The summed E-state index contributed by atoms with van der Waals surface area (Å²) in [7, 11) is 0. The number of nitrogens with zero attached hydrogens (tertiary/aromatic N) is 2. The monoisotopic (exact) mass is 284 g/mol. The Morgan fingerprint density at radius 1 is 1.25 bits per heavy atom. The van der Waals surface area contributed by atoms with Gasteiger partial charge in [0, 0.05) is 24.7 Å². The molecule has 0 saturated carbocycles. The fourth-order valence-electron chi connectivity index (χ4n) is 2.14. The van der Waals surface area contributed by atoms with Crippen molar-refractivity contribution in [3.05, 3.63) is 41.8 Å². The van der Waals surface area contributed by atoms with E-state index in [0.29, 0.717) is 16.5 Å². The Balaban J connectivity index is 2.30. The van der Waals surface area contributed by atoms with Gasteiger partial charge < -0.3 is 5.11 Å². The Bertz CT molecular complexity index is 577. The molecule has 2 rings (SSSR count). The van der Waals surface area contributed by atoms with Gasteiger partial charge >= 0.3 is 0 Å². The van der Waals surface area contributed by atoms with Crippen molar-refractivity contribution in [3.8, 4) is 0 Å². The molecule has 0 spiro atoms. The maximum absolute atomic E-state index is 13.6. The fraction of sp³-hybridized carbons (Fsp3) is 0.357. The lowest BCUT2D eigenvalue weighted by Gasteiger charge is -2.21. The molecule has 6 heteroatoms. The number of hydrogen-bond acceptors (Lipinski definition) is 3. The second-order valence-electron chi connectivity index (χ2n) is 4.46. The zero-order valence-electron chi connectivity index (χ0n) is 10.8. The summed E-state index contributed by atoms with van der Waals surface area (Å²) in [5.74, 6) is -0.389. The molecule has 1 heterocycles. The highest BCUT2D eigenvalue weighted by Gasteiger charge is 2.14. The number of rotatable bonds is 6. The van der Waals surface area contributed by atoms with Crippen LogP contribution in [0.4, 0.5) is 13.2 Å². The first-order valence-corrected chi connectivity index (χ1v) is 6.25. The Morgan fingerprint density at radius 3 is 2.75 bits per heavy atom. The minimum atomic E-state index is -2.48. The van der Waals surface area contributed by atoms with E-state index in [2.05, 4.69) is 4.98 Å². The van der Waals surface area contributed by atoms with E-state index in [0.717, 1.165) is 0 Å². The number of aliphatic hydroxyl groups is 1. The molecule has 2 aromatic rings. The zero-order valence-corrected chi connectivity index (χ0v) is 10.8. The molecule has 0 bridgehead atoms. The molecule has 0 unspecified atom stereocenters. The van der Waals surface area contributed by atoms with Crippen LogP contribution in [-0.4, -0.2) is 41.1 Å². The van der Waals surface area contributed by atoms with Crippen LogP contribution in [0.1, 0.15) is 5.56 Å². The topological polar surface area (TPSA) is 36.4 Å². The Hall–Kier alpha value is -1.66. The van der Waals surface area contributed by atoms with E-state index in [1.807, 2.05) is 0 Å². The number of aliphatic hydroxyl groups excluding tert-OH is 1. The van der Waals surface area contributed by atoms with E-state index in [-0.39, 0.29) is 25.5 Å². The molecule has 0 radical (unpaired) electrons. The molecule has 1 aromatic carbocycles. The van der Waals surface area contributed by atoms with Crippen LogP contribution >= 0.6 is 0 Å². The van der Waals surface area contributed by atoms with E-state index in [4.69, 9.17) is 5.11 Å². The fourth-order valence-corrected chi connectivity index (χ4v) is 2.14. The molecular formula is C14H15F3N2O. The van der Waals surface area contributed by atoms with Crippen LogP contribution in [0.15, 0.2) is 30.5 Å². The van der Waals surface area contributed by atoms with Gasteiger partial charge in [-0.2, -0.15) is 0 Å². The maximum atomic E-state index is 13.6. The first-order chi connectivity index (χ1) is 9.61. The quantitative estimate of drug-likeness (QED) is 0.885. The predicted molar refractivity (Wildman–Crippen MR) is 70.1 cm³/mol. The van der Waals surface area contributed by atoms with Crippen LogP contribution in [-0.2, 0) is 6.54 Å². The number of benzene rings is 1. The molecule has 0 fully saturated rings. The van der Waals surface area contributed by atoms with Gasteiger partial charge in [-0.25, -0.2) is 13.2 Å². The highest BCUT2D eigenvalue weighted by molar-refractivity contribution is 5.82. The summed E-state index contributed by atoms with van der Waals surface area (Å²) in [6.07, 6.45) is -0.949. The van der Waals surface area contributed by atoms with Gasteiger partial charge in [0.15, 0.2) is 0 Å². The van der Waals surface area contributed by atoms with Crippen LogP contribution < -0.4 is 0 Å². The van der Waals surface area contributed by atoms with Gasteiger partial charge in [0.2, 0.25) is 0 Å². The zero-order chi connectivity index (χ0) is 14.5. The first kappa shape index (κ1) is 14.7. The Labute approximate surface area is 114 Å². The van der Waals surface area contributed by atoms with Crippen LogP contribution in [0.3, 0.4) is 0 Å². The van der Waals surface area contributed by atoms with Crippen LogP contribution in [0.25, 0.3) is 10.9 Å². The lowest BCUT2D eigenvalue weighted by Crippen LogP contribution is -2.31. The third-order valence-corrected chi connectivity index (χ3v) is 3.01. The molecule has 0 amide bonds. The average Bonchev–Trinajstić information content (AvgIpc) is 2.42. The summed E-state index contributed by atoms with van der Waals surface area (Å²) in [4.78, 5) is 5.54. The second-order valence-corrected chi connectivity index (χ2v) is 4.46. The third-order valence-electron chi connectivity index (χ3n) is 3.01. The average molecular weight is 284 g/mol. The molecule has 108 valence electrons. The van der Waals surface area contributed by atoms with Crippen LogP contribution in [0, 0.1) is 5.82 Å². The summed E-state index contributed by atoms with van der Waals surface area (Å²) >= 11 is 0. The first-order valence-electron chi connectivity index (χ1n) is 6.25. The van der Waals surface area contributed by atoms with Gasteiger partial charge in [-0.15, -0.1) is 0 Å². The van der Waals surface area contributed by atoms with Crippen molar-refractivity contribution in [3.63, 3.8) is 0 Å². The van der Waals surface area contributed by atoms with Crippen molar-refractivity contribution in [1.82, 2.24) is 9.88 Å². The number of hydrogen-bond donors (Lipinski definition) is 1. The Morgan fingerprint density at radius 2 is 2.05 bits per heavy atom. The van der Waals surface area contributed by atoms with Gasteiger partial charge in [-0.05, 0) is 23.8 Å². The van der Waals surface area contributed by atoms with Crippen LogP contribution in [0.5, 0.6) is 0 Å². The smallest absolute Gasteiger partial charge is 0.251 e. The SMILES string of the molecule is OCCN(Cc1ccc(F)c2cccnc12)CC(F)F. The number of fused-ring (bicyclic) bond motifs is 1. The highest BCUT2D eigenvalue weighted by atomic mass is 19.3. The largest absolute Gasteiger partial charge is 0.395 e. The number of halogens is 3. The predicted octanol–water partition coefficient (Wildman–Crippen LogP) is 2.43. The molecular weight excluding hydrogens is 269 g/mol. The van der Waals surface area contributed by atoms with E-state index < -0.39 is 13.0 Å². The van der Waals surface area contributed by atoms with E-state index in [1.54, 1.807) is 18.2 Å². The van der Waals surface area contributed by atoms with Gasteiger partial charge in [-0.3, -0.25) is 9.88 Å². The molecule has 1 N–H and O–H groups in total. The minimum absolute atomic E-state index is 0.135. The summed E-state index contributed by atoms with van der Waals surface area (Å²) in [6.45, 7) is -0.319. The molecule has 0 atom stereocenters. The van der Waals surface area contributed by atoms with Gasteiger partial charge in [0.1, 0.15) is 5.82 Å². The molecule has 0 aliphatic rings. The maximum Gasteiger partial charge on any atom is 0.251 e. The van der Waals surface area contributed by atoms with E-state index >= 15 is 0 Å². The molecule has 20 heavy (non-hydrogen) atoms. The Kier molecular flexibility index (Phi) is 4.92. The van der Waals surface area contributed by atoms with Crippen molar-refractivity contribution in [1.29, 1.82) is 0 Å². The standard InChI is InChI=1S/C14H15F3N2O/c15-12-4-3-10(14-11(12)2-1-5-18-14)8-19(6-7-20)9-13(16)17/h1-5,13,20H,6-9H2. The van der Waals surface area contributed by atoms with Gasteiger partial charge in [0.05, 0.1) is 18.7 Å². The van der Waals surface area contributed by atoms with E-state index in [1.165, 1.54) is 17.2 Å². The summed E-state index contributed by atoms with van der Waals surface area (Å²) in [6, 6.07) is 6.07. The molecule has 0 saturated heterocycles. The summed E-state index contributed by atoms with van der Waals surface area (Å²) in [5, 5.41) is 9.29. The lowest BCUT2D eigenvalue weighted by atomic mass is 10.1. The molecule has 1 aromatic heterocycles. The van der Waals surface area contributed by atoms with Crippen molar-refractivity contribution in [2.45, 2.75) is 13.0 Å². The molecule has 0 aliphatic heterocycles. The normalized spacial score (nSPS) is 11.7. The number of pyridine rings is 1. The van der Waals surface area contributed by atoms with Crippen molar-refractivity contribution >= 4 is 10.9 Å².